The first-order valence-corrected chi connectivity index (χ1v) is 7.12. The lowest BCUT2D eigenvalue weighted by molar-refractivity contribution is -0.526. The van der Waals surface area contributed by atoms with Crippen LogP contribution < -0.4 is 16.4 Å². The maximum Gasteiger partial charge on any atom is 0.278 e. The summed E-state index contributed by atoms with van der Waals surface area (Å²) in [6.07, 6.45) is 2.67. The molecule has 1 amide bonds. The summed E-state index contributed by atoms with van der Waals surface area (Å²) in [6, 6.07) is -0.453. The van der Waals surface area contributed by atoms with Gasteiger partial charge in [-0.25, -0.2) is 0 Å². The second kappa shape index (κ2) is 8.83. The van der Waals surface area contributed by atoms with E-state index in [1.807, 2.05) is 4.90 Å². The first-order valence-electron chi connectivity index (χ1n) is 7.12. The van der Waals surface area contributed by atoms with Gasteiger partial charge in [-0.2, -0.15) is 0 Å². The predicted octanol–water partition coefficient (Wildman–Crippen LogP) is -0.872. The molecule has 1 rings (SSSR count). The Kier molecular flexibility index (Phi) is 7.42. The summed E-state index contributed by atoms with van der Waals surface area (Å²) in [7, 11) is 1.56. The standard InChI is InChI=1S/C12H25N5O3/c1-14-11(17(19)20)9-15-6-4-5-10(13)12(18)16-7-2-3-8-16/h10-11,14-15H,2-9,13H2,1H3/t10-,11?/m0/s1. The molecule has 1 saturated heterocycles. The topological polar surface area (TPSA) is 114 Å². The van der Waals surface area contributed by atoms with E-state index < -0.39 is 12.2 Å². The highest BCUT2D eigenvalue weighted by molar-refractivity contribution is 5.81. The van der Waals surface area contributed by atoms with Gasteiger partial charge in [0.05, 0.1) is 12.6 Å². The number of hydrogen-bond acceptors (Lipinski definition) is 6. The van der Waals surface area contributed by atoms with Gasteiger partial charge in [0.1, 0.15) is 0 Å². The number of rotatable bonds is 9. The van der Waals surface area contributed by atoms with Crippen molar-refractivity contribution in [1.29, 1.82) is 0 Å². The number of nitrogens with two attached hydrogens (primary N) is 1. The average molecular weight is 287 g/mol. The first-order chi connectivity index (χ1) is 9.56. The van der Waals surface area contributed by atoms with Crippen LogP contribution in [0.4, 0.5) is 0 Å². The second-order valence-electron chi connectivity index (χ2n) is 5.08. The monoisotopic (exact) mass is 287 g/mol. The minimum Gasteiger partial charge on any atom is -0.341 e. The number of amides is 1. The predicted molar refractivity (Wildman–Crippen MR) is 75.7 cm³/mol. The molecule has 0 aromatic carbocycles. The van der Waals surface area contributed by atoms with Crippen molar-refractivity contribution in [1.82, 2.24) is 15.5 Å². The molecule has 20 heavy (non-hydrogen) atoms. The lowest BCUT2D eigenvalue weighted by Crippen LogP contribution is -2.44. The molecule has 1 aliphatic rings. The number of nitrogens with zero attached hydrogens (tertiary/aromatic N) is 2. The molecule has 0 aromatic heterocycles. The SMILES string of the molecule is CNC(CNCCC[C@H](N)C(=O)N1CCCC1)[N+](=O)[O-]. The zero-order valence-electron chi connectivity index (χ0n) is 12.0. The molecule has 0 saturated carbocycles. The van der Waals surface area contributed by atoms with Crippen LogP contribution in [0.25, 0.3) is 0 Å². The van der Waals surface area contributed by atoms with Crippen LogP contribution in [-0.2, 0) is 4.79 Å². The molecule has 116 valence electrons. The summed E-state index contributed by atoms with van der Waals surface area (Å²) < 4.78 is 0. The third-order valence-electron chi connectivity index (χ3n) is 3.53. The number of hydrogen-bond donors (Lipinski definition) is 3. The fraction of sp³-hybridized carbons (Fsp3) is 0.917. The number of carbonyl (C=O) groups is 1. The van der Waals surface area contributed by atoms with Gasteiger partial charge in [0.15, 0.2) is 0 Å². The molecule has 0 aliphatic carbocycles. The van der Waals surface area contributed by atoms with E-state index in [0.717, 1.165) is 32.4 Å². The van der Waals surface area contributed by atoms with Crippen LogP contribution >= 0.6 is 0 Å². The minimum atomic E-state index is -0.782. The Bertz CT molecular complexity index is 320. The van der Waals surface area contributed by atoms with Gasteiger partial charge in [-0.3, -0.25) is 20.2 Å². The molecule has 1 fully saturated rings. The van der Waals surface area contributed by atoms with Crippen LogP contribution in [0, 0.1) is 10.1 Å². The highest BCUT2D eigenvalue weighted by Gasteiger charge is 2.23. The zero-order valence-corrected chi connectivity index (χ0v) is 12.0. The zero-order chi connectivity index (χ0) is 15.0. The summed E-state index contributed by atoms with van der Waals surface area (Å²) in [5, 5.41) is 16.2. The molecule has 8 heteroatoms. The third-order valence-corrected chi connectivity index (χ3v) is 3.53. The Morgan fingerprint density at radius 2 is 2.10 bits per heavy atom. The van der Waals surface area contributed by atoms with Crippen molar-refractivity contribution in [2.45, 2.75) is 37.9 Å². The van der Waals surface area contributed by atoms with Crippen LogP contribution in [0.5, 0.6) is 0 Å². The number of likely N-dealkylation sites (N-methyl/N-ethyl adjacent to an activating group) is 1. The molecule has 1 aliphatic heterocycles. The van der Waals surface area contributed by atoms with Crippen LogP contribution in [0.2, 0.25) is 0 Å². The number of nitrogens with one attached hydrogen (secondary N) is 2. The Labute approximate surface area is 119 Å². The van der Waals surface area contributed by atoms with Gasteiger partial charge in [0, 0.05) is 18.0 Å². The van der Waals surface area contributed by atoms with Gasteiger partial charge in [-0.05, 0) is 39.3 Å². The third kappa shape index (κ3) is 5.40. The van der Waals surface area contributed by atoms with Gasteiger partial charge in [0.25, 0.3) is 6.17 Å². The first kappa shape index (κ1) is 16.8. The van der Waals surface area contributed by atoms with E-state index in [-0.39, 0.29) is 17.4 Å². The minimum absolute atomic E-state index is 0.0286. The molecular weight excluding hydrogens is 262 g/mol. The van der Waals surface area contributed by atoms with Crippen LogP contribution in [0.1, 0.15) is 25.7 Å². The summed E-state index contributed by atoms with van der Waals surface area (Å²) in [5.41, 5.74) is 5.87. The smallest absolute Gasteiger partial charge is 0.278 e. The molecule has 0 aromatic rings. The van der Waals surface area contributed by atoms with Crippen molar-refractivity contribution in [2.75, 3.05) is 33.2 Å². The van der Waals surface area contributed by atoms with Crippen molar-refractivity contribution in [3.05, 3.63) is 10.1 Å². The average Bonchev–Trinajstić information content (AvgIpc) is 2.95. The molecule has 8 nitrogen and oxygen atoms in total. The molecule has 0 bridgehead atoms. The van der Waals surface area contributed by atoms with Gasteiger partial charge >= 0.3 is 0 Å². The van der Waals surface area contributed by atoms with Crippen molar-refractivity contribution < 1.29 is 9.72 Å². The molecule has 4 N–H and O–H groups in total. The summed E-state index contributed by atoms with van der Waals surface area (Å²) in [5.74, 6) is 0.0286. The van der Waals surface area contributed by atoms with Gasteiger partial charge in [-0.15, -0.1) is 0 Å². The van der Waals surface area contributed by atoms with Crippen molar-refractivity contribution in [2.24, 2.45) is 5.73 Å². The van der Waals surface area contributed by atoms with Gasteiger partial charge in [0.2, 0.25) is 5.91 Å². The number of nitro groups is 1. The molecule has 0 radical (unpaired) electrons. The molecule has 1 heterocycles. The largest absolute Gasteiger partial charge is 0.341 e. The summed E-state index contributed by atoms with van der Waals surface area (Å²) in [4.78, 5) is 24.0. The Hall–Kier alpha value is -1.25. The maximum atomic E-state index is 11.9. The normalized spacial score (nSPS) is 18.0. The van der Waals surface area contributed by atoms with E-state index in [4.69, 9.17) is 5.73 Å². The van der Waals surface area contributed by atoms with Crippen LogP contribution in [0.15, 0.2) is 0 Å². The van der Waals surface area contributed by atoms with E-state index in [0.29, 0.717) is 13.0 Å². The maximum absolute atomic E-state index is 11.9. The number of carbonyl (C=O) groups excluding carboxylic acids is 1. The van der Waals surface area contributed by atoms with Crippen LogP contribution in [0.3, 0.4) is 0 Å². The van der Waals surface area contributed by atoms with Gasteiger partial charge < -0.3 is 16.0 Å². The highest BCUT2D eigenvalue weighted by Crippen LogP contribution is 2.10. The highest BCUT2D eigenvalue weighted by atomic mass is 16.6. The van der Waals surface area contributed by atoms with Crippen LogP contribution in [-0.4, -0.2) is 61.2 Å². The van der Waals surface area contributed by atoms with E-state index in [9.17, 15) is 14.9 Å². The van der Waals surface area contributed by atoms with Crippen molar-refractivity contribution in [3.63, 3.8) is 0 Å². The molecule has 0 spiro atoms. The van der Waals surface area contributed by atoms with E-state index in [2.05, 4.69) is 10.6 Å². The Morgan fingerprint density at radius 1 is 1.45 bits per heavy atom. The quantitative estimate of drug-likeness (QED) is 0.220. The number of likely N-dealkylation sites (tertiary alicyclic amines) is 1. The second-order valence-corrected chi connectivity index (χ2v) is 5.08. The Balaban J connectivity index is 2.11. The fourth-order valence-electron chi connectivity index (χ4n) is 2.26. The summed E-state index contributed by atoms with van der Waals surface area (Å²) >= 11 is 0. The van der Waals surface area contributed by atoms with Gasteiger partial charge in [-0.1, -0.05) is 0 Å². The lowest BCUT2D eigenvalue weighted by Gasteiger charge is -2.20. The molecule has 2 atom stereocenters. The lowest BCUT2D eigenvalue weighted by atomic mass is 10.1. The van der Waals surface area contributed by atoms with E-state index in [1.165, 1.54) is 0 Å². The molecular formula is C12H25N5O3. The van der Waals surface area contributed by atoms with E-state index >= 15 is 0 Å². The van der Waals surface area contributed by atoms with E-state index in [1.54, 1.807) is 7.05 Å². The summed E-state index contributed by atoms with van der Waals surface area (Å²) in [6.45, 7) is 2.51. The Morgan fingerprint density at radius 3 is 2.65 bits per heavy atom. The fourth-order valence-corrected chi connectivity index (χ4v) is 2.26. The molecule has 1 unspecified atom stereocenters. The van der Waals surface area contributed by atoms with Crippen molar-refractivity contribution >= 4 is 5.91 Å². The van der Waals surface area contributed by atoms with Crippen molar-refractivity contribution in [3.8, 4) is 0 Å².